The van der Waals surface area contributed by atoms with Crippen molar-refractivity contribution in [1.82, 2.24) is 14.3 Å². The highest BCUT2D eigenvalue weighted by Gasteiger charge is 2.58. The average Bonchev–Trinajstić information content (AvgIpc) is 3.44. The first kappa shape index (κ1) is 17.9. The Labute approximate surface area is 171 Å². The van der Waals surface area contributed by atoms with E-state index in [0.717, 1.165) is 17.1 Å². The molecule has 3 aliphatic carbocycles. The second-order valence-corrected chi connectivity index (χ2v) is 11.5. The van der Waals surface area contributed by atoms with Crippen LogP contribution in [0.15, 0.2) is 24.5 Å². The quantitative estimate of drug-likeness (QED) is 0.817. The lowest BCUT2D eigenvalue weighted by Gasteiger charge is -2.37. The van der Waals surface area contributed by atoms with E-state index in [-0.39, 0.29) is 6.04 Å². The molecule has 2 unspecified atom stereocenters. The molecule has 5 aliphatic rings. The molecule has 3 atom stereocenters. The first-order valence-electron chi connectivity index (χ1n) is 10.6. The normalized spacial score (nSPS) is 34.4. The van der Waals surface area contributed by atoms with Gasteiger partial charge in [0.2, 0.25) is 16.0 Å². The van der Waals surface area contributed by atoms with Crippen LogP contribution in [0.25, 0.3) is 6.08 Å². The molecule has 3 saturated carbocycles. The Kier molecular flexibility index (Phi) is 3.59. The highest BCUT2D eigenvalue weighted by atomic mass is 32.2. The van der Waals surface area contributed by atoms with E-state index in [4.69, 9.17) is 4.98 Å². The summed E-state index contributed by atoms with van der Waals surface area (Å²) in [4.78, 5) is 11.8. The predicted octanol–water partition coefficient (Wildman–Crippen LogP) is 2.46. The summed E-state index contributed by atoms with van der Waals surface area (Å²) in [5.74, 6) is 2.33. The van der Waals surface area contributed by atoms with E-state index >= 15 is 0 Å². The summed E-state index contributed by atoms with van der Waals surface area (Å²) in [7, 11) is -3.09. The second kappa shape index (κ2) is 5.82. The summed E-state index contributed by atoms with van der Waals surface area (Å²) >= 11 is 0. The van der Waals surface area contributed by atoms with Crippen LogP contribution in [0, 0.1) is 17.3 Å². The van der Waals surface area contributed by atoms with Crippen LogP contribution in [0.1, 0.15) is 37.7 Å². The Bertz CT molecular complexity index is 1020. The summed E-state index contributed by atoms with van der Waals surface area (Å²) < 4.78 is 25.1. The van der Waals surface area contributed by atoms with Gasteiger partial charge in [-0.2, -0.15) is 4.98 Å². The number of rotatable bonds is 4. The highest BCUT2D eigenvalue weighted by Crippen LogP contribution is 2.60. The minimum absolute atomic E-state index is 0.267. The minimum atomic E-state index is -3.09. The van der Waals surface area contributed by atoms with Gasteiger partial charge >= 0.3 is 0 Å². The SMILES string of the molecule is C=C1C=Cc2cnc(NC3C4CN(S(C)(=O)=O)CC43)nc2N1[C@H]1CCCC12CC2. The molecule has 0 radical (unpaired) electrons. The van der Waals surface area contributed by atoms with Crippen molar-refractivity contribution < 1.29 is 8.42 Å². The van der Waals surface area contributed by atoms with Crippen LogP contribution in [0.2, 0.25) is 0 Å². The van der Waals surface area contributed by atoms with E-state index in [1.165, 1.54) is 38.4 Å². The molecule has 1 aromatic heterocycles. The molecular weight excluding hydrogens is 386 g/mol. The number of anilines is 2. The van der Waals surface area contributed by atoms with Crippen LogP contribution < -0.4 is 10.2 Å². The molecule has 1 spiro atoms. The molecule has 6 rings (SSSR count). The molecule has 4 fully saturated rings. The fourth-order valence-corrected chi connectivity index (χ4v) is 6.79. The van der Waals surface area contributed by atoms with Crippen molar-refractivity contribution in [3.63, 3.8) is 0 Å². The number of sulfonamides is 1. The summed E-state index contributed by atoms with van der Waals surface area (Å²) in [6.45, 7) is 5.51. The number of nitrogens with zero attached hydrogens (tertiary/aromatic N) is 4. The molecule has 0 bridgehead atoms. The fourth-order valence-electron chi connectivity index (χ4n) is 5.90. The van der Waals surface area contributed by atoms with E-state index in [1.807, 2.05) is 6.20 Å². The van der Waals surface area contributed by atoms with Gasteiger partial charge in [0.25, 0.3) is 0 Å². The van der Waals surface area contributed by atoms with E-state index in [9.17, 15) is 8.42 Å². The van der Waals surface area contributed by atoms with Gasteiger partial charge in [0, 0.05) is 42.6 Å². The van der Waals surface area contributed by atoms with Crippen LogP contribution in [0.5, 0.6) is 0 Å². The Balaban J connectivity index is 1.23. The van der Waals surface area contributed by atoms with Gasteiger partial charge in [-0.25, -0.2) is 17.7 Å². The van der Waals surface area contributed by atoms with Crippen LogP contribution >= 0.6 is 0 Å². The Hall–Kier alpha value is -1.93. The molecule has 29 heavy (non-hydrogen) atoms. The molecule has 2 aliphatic heterocycles. The van der Waals surface area contributed by atoms with Crippen molar-refractivity contribution in [3.05, 3.63) is 30.1 Å². The predicted molar refractivity (Wildman–Crippen MR) is 113 cm³/mol. The van der Waals surface area contributed by atoms with Gasteiger partial charge in [-0.05, 0) is 55.1 Å². The number of fused-ring (bicyclic) bond motifs is 2. The van der Waals surface area contributed by atoms with E-state index in [1.54, 1.807) is 4.31 Å². The minimum Gasteiger partial charge on any atom is -0.351 e. The molecule has 8 heteroatoms. The number of aromatic nitrogens is 2. The van der Waals surface area contributed by atoms with Crippen molar-refractivity contribution in [2.24, 2.45) is 17.3 Å². The van der Waals surface area contributed by atoms with Gasteiger partial charge < -0.3 is 10.2 Å². The smallest absolute Gasteiger partial charge is 0.224 e. The monoisotopic (exact) mass is 413 g/mol. The second-order valence-electron chi connectivity index (χ2n) is 9.52. The zero-order chi connectivity index (χ0) is 20.0. The topological polar surface area (TPSA) is 78.4 Å². The fraction of sp³-hybridized carbons (Fsp3) is 0.619. The largest absolute Gasteiger partial charge is 0.351 e. The number of piperidine rings is 1. The van der Waals surface area contributed by atoms with Gasteiger partial charge in [0.1, 0.15) is 5.82 Å². The average molecular weight is 414 g/mol. The van der Waals surface area contributed by atoms with Crippen molar-refractivity contribution in [1.29, 1.82) is 0 Å². The molecule has 0 amide bonds. The van der Waals surface area contributed by atoms with E-state index in [2.05, 4.69) is 33.9 Å². The van der Waals surface area contributed by atoms with E-state index < -0.39 is 10.0 Å². The van der Waals surface area contributed by atoms with Crippen LogP contribution in [-0.2, 0) is 10.0 Å². The molecule has 1 aromatic rings. The Morgan fingerprint density at radius 2 is 1.97 bits per heavy atom. The molecular formula is C21H27N5O2S. The summed E-state index contributed by atoms with van der Waals surface area (Å²) in [6, 6.07) is 0.758. The molecule has 0 aromatic carbocycles. The van der Waals surface area contributed by atoms with Crippen molar-refractivity contribution in [2.45, 2.75) is 44.2 Å². The van der Waals surface area contributed by atoms with Crippen LogP contribution in [0.3, 0.4) is 0 Å². The van der Waals surface area contributed by atoms with Crippen LogP contribution in [0.4, 0.5) is 11.8 Å². The highest BCUT2D eigenvalue weighted by molar-refractivity contribution is 7.88. The maximum atomic E-state index is 11.7. The lowest BCUT2D eigenvalue weighted by molar-refractivity contribution is 0.440. The number of hydrogen-bond donors (Lipinski definition) is 1. The maximum Gasteiger partial charge on any atom is 0.224 e. The lowest BCUT2D eigenvalue weighted by Crippen LogP contribution is -2.39. The third-order valence-electron chi connectivity index (χ3n) is 7.78. The molecule has 1 N–H and O–H groups in total. The number of allylic oxidation sites excluding steroid dienone is 1. The molecule has 3 heterocycles. The third kappa shape index (κ3) is 2.75. The molecule has 154 valence electrons. The van der Waals surface area contributed by atoms with Gasteiger partial charge in [-0.3, -0.25) is 0 Å². The van der Waals surface area contributed by atoms with Crippen LogP contribution in [-0.4, -0.2) is 54.1 Å². The van der Waals surface area contributed by atoms with Gasteiger partial charge in [0.15, 0.2) is 0 Å². The summed E-state index contributed by atoms with van der Waals surface area (Å²) in [5.41, 5.74) is 2.53. The third-order valence-corrected chi connectivity index (χ3v) is 9.01. The van der Waals surface area contributed by atoms with Crippen molar-refractivity contribution in [2.75, 3.05) is 29.6 Å². The lowest BCUT2D eigenvalue weighted by atomic mass is 9.96. The van der Waals surface area contributed by atoms with E-state index in [0.29, 0.717) is 42.3 Å². The van der Waals surface area contributed by atoms with Gasteiger partial charge in [-0.15, -0.1) is 0 Å². The van der Waals surface area contributed by atoms with Crippen molar-refractivity contribution in [3.8, 4) is 0 Å². The first-order chi connectivity index (χ1) is 13.9. The van der Waals surface area contributed by atoms with Crippen molar-refractivity contribution >= 4 is 27.9 Å². The summed E-state index contributed by atoms with van der Waals surface area (Å²) in [5, 5.41) is 3.48. The standard InChI is InChI=1S/C21H27N5O2S/c1-13-5-6-14-10-22-20(23-18-15-11-25(12-16(15)18)29(2,27)28)24-19(14)26(13)17-4-3-7-21(17)8-9-21/h5-6,10,15-18H,1,3-4,7-9,11-12H2,2H3,(H,22,23,24)/t15?,16?,17-,18?/m0/s1. The first-order valence-corrected chi connectivity index (χ1v) is 12.5. The molecule has 7 nitrogen and oxygen atoms in total. The zero-order valence-corrected chi connectivity index (χ0v) is 17.5. The summed E-state index contributed by atoms with van der Waals surface area (Å²) in [6.07, 6.45) is 13.8. The van der Waals surface area contributed by atoms with Gasteiger partial charge in [-0.1, -0.05) is 13.0 Å². The van der Waals surface area contributed by atoms with Gasteiger partial charge in [0.05, 0.1) is 6.26 Å². The Morgan fingerprint density at radius 1 is 1.21 bits per heavy atom. The molecule has 1 saturated heterocycles. The Morgan fingerprint density at radius 3 is 2.66 bits per heavy atom. The zero-order valence-electron chi connectivity index (χ0n) is 16.7. The number of hydrogen-bond acceptors (Lipinski definition) is 6. The number of nitrogens with one attached hydrogen (secondary N) is 1. The maximum absolute atomic E-state index is 11.7.